The lowest BCUT2D eigenvalue weighted by atomic mass is 10.1. The molecule has 1 atom stereocenters. The average Bonchev–Trinajstić information content (AvgIpc) is 2.77. The molecule has 2 heterocycles. The first-order valence-corrected chi connectivity index (χ1v) is 7.24. The van der Waals surface area contributed by atoms with E-state index < -0.39 is 0 Å². The summed E-state index contributed by atoms with van der Waals surface area (Å²) < 4.78 is 5.99. The van der Waals surface area contributed by atoms with Crippen LogP contribution in [0.15, 0.2) is 12.1 Å². The van der Waals surface area contributed by atoms with Crippen LogP contribution in [-0.2, 0) is 4.74 Å². The maximum atomic E-state index is 11.8. The Morgan fingerprint density at radius 1 is 1.50 bits per heavy atom. The summed E-state index contributed by atoms with van der Waals surface area (Å²) in [7, 11) is 0. The van der Waals surface area contributed by atoms with Gasteiger partial charge in [0.05, 0.1) is 10.4 Å². The quantitative estimate of drug-likeness (QED) is 0.898. The van der Waals surface area contributed by atoms with Crippen molar-refractivity contribution in [3.63, 3.8) is 0 Å². The van der Waals surface area contributed by atoms with Gasteiger partial charge in [-0.1, -0.05) is 11.6 Å². The molecular weight excluding hydrogens is 272 g/mol. The molecule has 4 nitrogen and oxygen atoms in total. The largest absolute Gasteiger partial charge is 0.381 e. The minimum Gasteiger partial charge on any atom is -0.381 e. The molecule has 100 valence electrons. The van der Waals surface area contributed by atoms with E-state index in [1.165, 1.54) is 11.3 Å². The fourth-order valence-corrected chi connectivity index (χ4v) is 2.96. The van der Waals surface area contributed by atoms with Gasteiger partial charge in [0.25, 0.3) is 0 Å². The van der Waals surface area contributed by atoms with Crippen LogP contribution in [0.1, 0.15) is 30.7 Å². The molecule has 1 aliphatic rings. The minimum absolute atomic E-state index is 0.0256. The normalized spacial score (nSPS) is 18.3. The van der Waals surface area contributed by atoms with Crippen LogP contribution in [-0.4, -0.2) is 25.3 Å². The van der Waals surface area contributed by atoms with Gasteiger partial charge in [-0.2, -0.15) is 0 Å². The van der Waals surface area contributed by atoms with Crippen LogP contribution in [0.4, 0.5) is 4.79 Å². The number of hydrogen-bond donors (Lipinski definition) is 2. The van der Waals surface area contributed by atoms with Gasteiger partial charge in [0, 0.05) is 24.1 Å². The molecule has 2 N–H and O–H groups in total. The maximum absolute atomic E-state index is 11.8. The van der Waals surface area contributed by atoms with Crippen LogP contribution in [0, 0.1) is 0 Å². The summed E-state index contributed by atoms with van der Waals surface area (Å²) in [4.78, 5) is 12.9. The Hall–Kier alpha value is -0.780. The molecule has 18 heavy (non-hydrogen) atoms. The standard InChI is InChI=1S/C12H17ClN2O2S/c1-8(10-2-3-11(13)18-10)14-12(16)15-9-4-6-17-7-5-9/h2-3,8-9H,4-7H2,1H3,(H2,14,15,16)/t8-/m1/s1. The lowest BCUT2D eigenvalue weighted by Crippen LogP contribution is -2.45. The highest BCUT2D eigenvalue weighted by Crippen LogP contribution is 2.26. The zero-order chi connectivity index (χ0) is 13.0. The Bertz CT molecular complexity index is 405. The molecule has 1 fully saturated rings. The molecule has 6 heteroatoms. The van der Waals surface area contributed by atoms with Gasteiger partial charge in [0.2, 0.25) is 0 Å². The van der Waals surface area contributed by atoms with Crippen molar-refractivity contribution in [1.29, 1.82) is 0 Å². The second-order valence-corrected chi connectivity index (χ2v) is 6.11. The smallest absolute Gasteiger partial charge is 0.315 e. The molecule has 1 aromatic heterocycles. The van der Waals surface area contributed by atoms with Crippen molar-refractivity contribution in [1.82, 2.24) is 10.6 Å². The van der Waals surface area contributed by atoms with E-state index in [4.69, 9.17) is 16.3 Å². The lowest BCUT2D eigenvalue weighted by molar-refractivity contribution is 0.0800. The second-order valence-electron chi connectivity index (χ2n) is 4.37. The van der Waals surface area contributed by atoms with E-state index in [9.17, 15) is 4.79 Å². The average molecular weight is 289 g/mol. The SMILES string of the molecule is C[C@@H](NC(=O)NC1CCOCC1)c1ccc(Cl)s1. The van der Waals surface area contributed by atoms with Crippen LogP contribution >= 0.6 is 22.9 Å². The number of hydrogen-bond acceptors (Lipinski definition) is 3. The molecule has 1 aromatic rings. The second kappa shape index (κ2) is 6.41. The number of halogens is 1. The molecular formula is C12H17ClN2O2S. The number of nitrogens with one attached hydrogen (secondary N) is 2. The predicted octanol–water partition coefficient (Wildman–Crippen LogP) is 2.94. The first kappa shape index (κ1) is 13.6. The minimum atomic E-state index is -0.126. The van der Waals surface area contributed by atoms with Gasteiger partial charge in [0.1, 0.15) is 0 Å². The molecule has 0 bridgehead atoms. The third-order valence-corrected chi connectivity index (χ3v) is 4.34. The van der Waals surface area contributed by atoms with Crippen LogP contribution in [0.25, 0.3) is 0 Å². The summed E-state index contributed by atoms with van der Waals surface area (Å²) in [5.74, 6) is 0. The van der Waals surface area contributed by atoms with Gasteiger partial charge in [-0.3, -0.25) is 0 Å². The molecule has 0 spiro atoms. The van der Waals surface area contributed by atoms with Gasteiger partial charge in [-0.25, -0.2) is 4.79 Å². The third-order valence-electron chi connectivity index (χ3n) is 2.92. The van der Waals surface area contributed by atoms with E-state index in [1.54, 1.807) is 0 Å². The highest BCUT2D eigenvalue weighted by Gasteiger charge is 2.17. The molecule has 0 radical (unpaired) electrons. The molecule has 0 unspecified atom stereocenters. The van der Waals surface area contributed by atoms with E-state index in [-0.39, 0.29) is 18.1 Å². The number of urea groups is 1. The first-order valence-electron chi connectivity index (χ1n) is 6.05. The van der Waals surface area contributed by atoms with E-state index in [1.807, 2.05) is 19.1 Å². The van der Waals surface area contributed by atoms with Gasteiger partial charge >= 0.3 is 6.03 Å². The molecule has 1 saturated heterocycles. The predicted molar refractivity (Wildman–Crippen MR) is 73.3 cm³/mol. The zero-order valence-corrected chi connectivity index (χ0v) is 11.8. The Balaban J connectivity index is 1.79. The van der Waals surface area contributed by atoms with Crippen molar-refractivity contribution in [3.05, 3.63) is 21.3 Å². The molecule has 2 amide bonds. The summed E-state index contributed by atoms with van der Waals surface area (Å²) in [6.07, 6.45) is 1.76. The van der Waals surface area contributed by atoms with Gasteiger partial charge < -0.3 is 15.4 Å². The molecule has 2 rings (SSSR count). The summed E-state index contributed by atoms with van der Waals surface area (Å²) >= 11 is 7.36. The zero-order valence-electron chi connectivity index (χ0n) is 10.2. The van der Waals surface area contributed by atoms with Crippen molar-refractivity contribution < 1.29 is 9.53 Å². The first-order chi connectivity index (χ1) is 8.65. The number of ether oxygens (including phenoxy) is 1. The van der Waals surface area contributed by atoms with Crippen molar-refractivity contribution >= 4 is 29.0 Å². The molecule has 0 aliphatic carbocycles. The van der Waals surface area contributed by atoms with Crippen molar-refractivity contribution in [2.45, 2.75) is 31.8 Å². The summed E-state index contributed by atoms with van der Waals surface area (Å²) in [5, 5.41) is 5.89. The fraction of sp³-hybridized carbons (Fsp3) is 0.583. The third kappa shape index (κ3) is 3.86. The lowest BCUT2D eigenvalue weighted by Gasteiger charge is -2.24. The number of amides is 2. The number of carbonyl (C=O) groups is 1. The van der Waals surface area contributed by atoms with Gasteiger partial charge in [-0.15, -0.1) is 11.3 Å². The van der Waals surface area contributed by atoms with Crippen molar-refractivity contribution in [3.8, 4) is 0 Å². The Labute approximate surface area is 116 Å². The summed E-state index contributed by atoms with van der Waals surface area (Å²) in [6, 6.07) is 3.85. The number of rotatable bonds is 3. The van der Waals surface area contributed by atoms with Crippen LogP contribution < -0.4 is 10.6 Å². The molecule has 0 aromatic carbocycles. The van der Waals surface area contributed by atoms with E-state index >= 15 is 0 Å². The van der Waals surface area contributed by atoms with E-state index in [0.717, 1.165) is 35.3 Å². The Kier molecular flexibility index (Phi) is 4.86. The van der Waals surface area contributed by atoms with Crippen molar-refractivity contribution in [2.24, 2.45) is 0 Å². The van der Waals surface area contributed by atoms with Crippen molar-refractivity contribution in [2.75, 3.05) is 13.2 Å². The van der Waals surface area contributed by atoms with Crippen LogP contribution in [0.3, 0.4) is 0 Å². The van der Waals surface area contributed by atoms with E-state index in [2.05, 4.69) is 10.6 Å². The van der Waals surface area contributed by atoms with Crippen LogP contribution in [0.2, 0.25) is 4.34 Å². The van der Waals surface area contributed by atoms with Gasteiger partial charge in [-0.05, 0) is 31.9 Å². The monoisotopic (exact) mass is 288 g/mol. The Morgan fingerprint density at radius 3 is 2.83 bits per heavy atom. The Morgan fingerprint density at radius 2 is 2.22 bits per heavy atom. The highest BCUT2D eigenvalue weighted by atomic mass is 35.5. The topological polar surface area (TPSA) is 50.4 Å². The number of carbonyl (C=O) groups excluding carboxylic acids is 1. The molecule has 0 saturated carbocycles. The summed E-state index contributed by atoms with van der Waals surface area (Å²) in [5.41, 5.74) is 0. The fourth-order valence-electron chi connectivity index (χ4n) is 1.90. The molecule has 1 aliphatic heterocycles. The highest BCUT2D eigenvalue weighted by molar-refractivity contribution is 7.16. The summed E-state index contributed by atoms with van der Waals surface area (Å²) in [6.45, 7) is 3.40. The van der Waals surface area contributed by atoms with Crippen LogP contribution in [0.5, 0.6) is 0 Å². The van der Waals surface area contributed by atoms with E-state index in [0.29, 0.717) is 0 Å². The number of thiophene rings is 1. The maximum Gasteiger partial charge on any atom is 0.315 e. The van der Waals surface area contributed by atoms with Gasteiger partial charge in [0.15, 0.2) is 0 Å².